The number of nitrogens with one attached hydrogen (secondary N) is 1. The quantitative estimate of drug-likeness (QED) is 0.184. The molecule has 10 rings (SSSR count). The van der Waals surface area contributed by atoms with Crippen molar-refractivity contribution in [2.45, 2.75) is 0 Å². The Morgan fingerprint density at radius 3 is 2.41 bits per heavy atom. The summed E-state index contributed by atoms with van der Waals surface area (Å²) in [4.78, 5) is 23.5. The number of imidazole rings is 4. The molecule has 0 aliphatic rings. The molecule has 8 heterocycles. The molecule has 49 heavy (non-hydrogen) atoms. The molecule has 0 aliphatic heterocycles. The molecule has 0 radical (unpaired) electrons. The molecule has 1 N–H and O–H groups in total. The van der Waals surface area contributed by atoms with Crippen LogP contribution in [0.2, 0.25) is 0 Å². The van der Waals surface area contributed by atoms with Gasteiger partial charge in [0.2, 0.25) is 6.33 Å². The minimum absolute atomic E-state index is 0. The van der Waals surface area contributed by atoms with Crippen molar-refractivity contribution in [3.8, 4) is 16.9 Å². The summed E-state index contributed by atoms with van der Waals surface area (Å²) >= 11 is 0. The molecular weight excluding hydrogens is 983 g/mol. The number of aromatic amines is 1. The van der Waals surface area contributed by atoms with Crippen LogP contribution in [0.4, 0.5) is 0 Å². The molecule has 8 aromatic heterocycles. The van der Waals surface area contributed by atoms with Gasteiger partial charge in [-0.1, -0.05) is 59.2 Å². The van der Waals surface area contributed by atoms with Crippen molar-refractivity contribution < 1.29 is 55.5 Å². The Morgan fingerprint density at radius 2 is 1.76 bits per heavy atom. The first-order chi connectivity index (χ1) is 23.0. The molecule has 0 aliphatic carbocycles. The van der Waals surface area contributed by atoms with Crippen LogP contribution >= 0.6 is 0 Å². The number of hydrogen-bond donors (Lipinski definition) is 1. The zero-order valence-corrected chi connectivity index (χ0v) is 30.9. The maximum Gasteiger partial charge on any atom is 2.00 e. The van der Waals surface area contributed by atoms with Crippen LogP contribution in [0.1, 0.15) is 0 Å². The van der Waals surface area contributed by atoms with Crippen molar-refractivity contribution in [2.75, 3.05) is 0 Å². The number of hydrogen-bond acceptors (Lipinski definition) is 5. The largest absolute Gasteiger partial charge is 2.00 e. The molecule has 0 fully saturated rings. The van der Waals surface area contributed by atoms with E-state index in [1.165, 1.54) is 0 Å². The number of para-hydroxylation sites is 2. The van der Waals surface area contributed by atoms with E-state index in [1.54, 1.807) is 42.0 Å². The van der Waals surface area contributed by atoms with E-state index in [0.29, 0.717) is 0 Å². The van der Waals surface area contributed by atoms with Crippen molar-refractivity contribution in [2.24, 2.45) is 21.1 Å². The summed E-state index contributed by atoms with van der Waals surface area (Å²) in [6.07, 6.45) is 26.5. The van der Waals surface area contributed by atoms with Crippen LogP contribution < -0.4 is 14.5 Å². The van der Waals surface area contributed by atoms with E-state index in [4.69, 9.17) is 13.8 Å². The van der Waals surface area contributed by atoms with Crippen molar-refractivity contribution in [3.63, 3.8) is 0 Å². The summed E-state index contributed by atoms with van der Waals surface area (Å²) in [7, 11) is 5.77. The number of H-pyrrole nitrogens is 1. The van der Waals surface area contributed by atoms with E-state index >= 15 is 0 Å². The summed E-state index contributed by atoms with van der Waals surface area (Å²) in [5.74, 6) is 0. The summed E-state index contributed by atoms with van der Waals surface area (Å²) < 4.78 is 18.6. The molecular formula is C35H28N10O2Pt2-2. The average Bonchev–Trinajstić information content (AvgIpc) is 3.90. The van der Waals surface area contributed by atoms with Gasteiger partial charge in [0.15, 0.2) is 0 Å². The first-order valence-corrected chi connectivity index (χ1v) is 14.6. The third-order valence-electron chi connectivity index (χ3n) is 7.16. The van der Waals surface area contributed by atoms with Gasteiger partial charge in [0.05, 0.1) is 25.9 Å². The molecule has 0 bridgehead atoms. The van der Waals surface area contributed by atoms with Crippen molar-refractivity contribution in [1.29, 1.82) is 0 Å². The fourth-order valence-corrected chi connectivity index (χ4v) is 5.01. The number of furan rings is 2. The van der Waals surface area contributed by atoms with Crippen LogP contribution in [0.25, 0.3) is 61.0 Å². The van der Waals surface area contributed by atoms with Crippen molar-refractivity contribution in [1.82, 2.24) is 43.6 Å². The first-order valence-electron chi connectivity index (χ1n) is 14.6. The van der Waals surface area contributed by atoms with Crippen LogP contribution in [0.15, 0.2) is 120 Å². The predicted octanol–water partition coefficient (Wildman–Crippen LogP) is 5.33. The molecule has 0 amide bonds. The summed E-state index contributed by atoms with van der Waals surface area (Å²) in [6, 6.07) is 15.9. The molecule has 12 nitrogen and oxygen atoms in total. The van der Waals surface area contributed by atoms with E-state index in [1.807, 2.05) is 108 Å². The van der Waals surface area contributed by atoms with Crippen LogP contribution in [-0.2, 0) is 63.3 Å². The van der Waals surface area contributed by atoms with Gasteiger partial charge >= 0.3 is 21.1 Å². The molecule has 10 aromatic rings. The smallest absolute Gasteiger partial charge is 0.659 e. The van der Waals surface area contributed by atoms with E-state index < -0.39 is 0 Å². The fraction of sp³-hybridized carbons (Fsp3) is 0.0857. The molecule has 14 heteroatoms. The number of benzene rings is 2. The number of fused-ring (bicyclic) bond motifs is 6. The molecule has 0 saturated heterocycles. The molecule has 2 aromatic carbocycles. The minimum atomic E-state index is 0. The minimum Gasteiger partial charge on any atom is -0.659 e. The second kappa shape index (κ2) is 15.8. The maximum absolute atomic E-state index is 5.81. The fourth-order valence-electron chi connectivity index (χ4n) is 5.01. The second-order valence-corrected chi connectivity index (χ2v) is 10.5. The van der Waals surface area contributed by atoms with Gasteiger partial charge in [-0.3, -0.25) is 0 Å². The average molecular weight is 1010 g/mol. The third kappa shape index (κ3) is 7.61. The third-order valence-corrected chi connectivity index (χ3v) is 7.16. The Kier molecular flexibility index (Phi) is 11.3. The molecule has 0 spiro atoms. The molecule has 0 saturated carbocycles. The van der Waals surface area contributed by atoms with Crippen LogP contribution in [-0.4, -0.2) is 33.6 Å². The summed E-state index contributed by atoms with van der Waals surface area (Å²) in [5.41, 5.74) is 7.99. The number of aromatic nitrogens is 10. The first kappa shape index (κ1) is 35.1. The number of nitrogens with zero attached hydrogens (tertiary/aromatic N) is 9. The van der Waals surface area contributed by atoms with Gasteiger partial charge < -0.3 is 52.0 Å². The zero-order valence-electron chi connectivity index (χ0n) is 26.4. The molecule has 0 unspecified atom stereocenters. The Balaban J connectivity index is 0.000000155. The van der Waals surface area contributed by atoms with Gasteiger partial charge in [-0.2, -0.15) is 0 Å². The number of rotatable bonds is 2. The van der Waals surface area contributed by atoms with E-state index in [9.17, 15) is 0 Å². The Morgan fingerprint density at radius 1 is 0.898 bits per heavy atom. The van der Waals surface area contributed by atoms with Gasteiger partial charge in [0, 0.05) is 70.3 Å². The van der Waals surface area contributed by atoms with Gasteiger partial charge in [-0.25, -0.2) is 4.98 Å². The van der Waals surface area contributed by atoms with Crippen molar-refractivity contribution >= 4 is 44.0 Å². The number of aryl methyl sites for hydroxylation is 3. The zero-order chi connectivity index (χ0) is 32.2. The second-order valence-electron chi connectivity index (χ2n) is 10.5. The van der Waals surface area contributed by atoms with Crippen LogP contribution in [0.5, 0.6) is 0 Å². The monoisotopic (exact) mass is 1010 g/mol. The summed E-state index contributed by atoms with van der Waals surface area (Å²) in [5, 5.41) is 2.08. The van der Waals surface area contributed by atoms with Crippen LogP contribution in [0, 0.1) is 19.0 Å². The Hall–Kier alpha value is -5.18. The van der Waals surface area contributed by atoms with Gasteiger partial charge in [0.1, 0.15) is 11.2 Å². The van der Waals surface area contributed by atoms with Gasteiger partial charge in [-0.05, 0) is 30.4 Å². The molecule has 0 atom stereocenters. The SMILES string of the molecule is Cn1[c-]nc(-c2coc3c2[n-]c2c(-n4[c-][n+](C)cc4)cccc23)c1.Cn1ccnc1.[Pt+2].[Pt].[c-]1ncc[nH]1.c1ccc2c(c1)[n-]c1ccoc12. The van der Waals surface area contributed by atoms with E-state index in [2.05, 4.69) is 43.9 Å². The van der Waals surface area contributed by atoms with Gasteiger partial charge in [0.25, 0.3) is 0 Å². The maximum atomic E-state index is 5.81. The van der Waals surface area contributed by atoms with E-state index in [-0.39, 0.29) is 42.1 Å². The van der Waals surface area contributed by atoms with Crippen molar-refractivity contribution in [3.05, 3.63) is 130 Å². The Labute approximate surface area is 309 Å². The Bertz CT molecular complexity index is 2460. The van der Waals surface area contributed by atoms with Crippen LogP contribution in [0.3, 0.4) is 0 Å². The normalized spacial score (nSPS) is 10.4. The summed E-state index contributed by atoms with van der Waals surface area (Å²) in [6.45, 7) is 0. The predicted molar refractivity (Wildman–Crippen MR) is 175 cm³/mol. The standard InChI is InChI=1S/C18H13N5O.C10H6NO.C4H6N2.C3H3N2.2Pt/c1-21-6-7-23(11-21)15-5-3-4-12-16(15)20-17-13(9-24-18(12)17)14-8-22(2)10-19-14;1-2-4-8-7(3-1)10-9(11-8)5-6-12-10;1-6-3-2-5-4-6;1-2-5-3-4-1;;/h3-9H,1-2H3;1-6H;2-4H,1H3;1-2H,(H,4,5);;/q-2;-1;;-1;;+2. The topological polar surface area (TPSA) is 128 Å². The molecule has 252 valence electrons. The van der Waals surface area contributed by atoms with Gasteiger partial charge in [-0.15, -0.1) is 29.6 Å². The van der Waals surface area contributed by atoms with E-state index in [0.717, 1.165) is 61.0 Å².